The Bertz CT molecular complexity index is 613. The fourth-order valence-electron chi connectivity index (χ4n) is 2.00. The highest BCUT2D eigenvalue weighted by Gasteiger charge is 2.16. The first-order valence-corrected chi connectivity index (χ1v) is 6.52. The van der Waals surface area contributed by atoms with E-state index in [1.54, 1.807) is 18.5 Å². The normalized spacial score (nSPS) is 11.6. The van der Waals surface area contributed by atoms with Crippen molar-refractivity contribution in [3.63, 3.8) is 0 Å². The summed E-state index contributed by atoms with van der Waals surface area (Å²) >= 11 is 0. The number of nitrogens with one attached hydrogen (secondary N) is 2. The second-order valence-corrected chi connectivity index (χ2v) is 4.47. The minimum absolute atomic E-state index is 0.120. The van der Waals surface area contributed by atoms with Gasteiger partial charge in [0.25, 0.3) is 5.91 Å². The zero-order valence-corrected chi connectivity index (χ0v) is 11.3. The van der Waals surface area contributed by atoms with Gasteiger partial charge in [0.1, 0.15) is 0 Å². The Morgan fingerprint density at radius 3 is 2.95 bits per heavy atom. The third-order valence-electron chi connectivity index (χ3n) is 3.15. The van der Waals surface area contributed by atoms with Crippen molar-refractivity contribution in [2.75, 3.05) is 0 Å². The van der Waals surface area contributed by atoms with Crippen molar-refractivity contribution < 1.29 is 4.79 Å². The Morgan fingerprint density at radius 2 is 2.30 bits per heavy atom. The summed E-state index contributed by atoms with van der Waals surface area (Å²) in [4.78, 5) is 12.4. The van der Waals surface area contributed by atoms with Gasteiger partial charge < -0.3 is 5.32 Å². The number of hydrogen-bond acceptors (Lipinski definition) is 3. The van der Waals surface area contributed by atoms with Gasteiger partial charge >= 0.3 is 0 Å². The number of H-pyrrole nitrogens is 1. The van der Waals surface area contributed by atoms with Crippen molar-refractivity contribution in [3.05, 3.63) is 42.2 Å². The fourth-order valence-corrected chi connectivity index (χ4v) is 2.00. The smallest absolute Gasteiger partial charge is 0.252 e. The number of rotatable bonds is 5. The molecule has 1 heterocycles. The standard InChI is InChI=1S/C15H16N4O/c1-2-12(7-8-16)19-15(20)14-6-4-3-5-13(14)11-9-17-18-10-11/h3-6,9-10,12H,2,7H2,1H3,(H,17,18)(H,19,20). The van der Waals surface area contributed by atoms with E-state index in [0.717, 1.165) is 17.5 Å². The summed E-state index contributed by atoms with van der Waals surface area (Å²) in [6, 6.07) is 9.33. The molecule has 1 aromatic heterocycles. The van der Waals surface area contributed by atoms with Gasteiger partial charge in [-0.2, -0.15) is 10.4 Å². The average Bonchev–Trinajstić information content (AvgIpc) is 3.00. The van der Waals surface area contributed by atoms with Gasteiger partial charge in [0, 0.05) is 23.4 Å². The van der Waals surface area contributed by atoms with E-state index in [2.05, 4.69) is 21.6 Å². The Hall–Kier alpha value is -2.61. The molecule has 2 N–H and O–H groups in total. The molecule has 2 aromatic rings. The van der Waals surface area contributed by atoms with E-state index in [4.69, 9.17) is 5.26 Å². The summed E-state index contributed by atoms with van der Waals surface area (Å²) in [6.45, 7) is 1.95. The van der Waals surface area contributed by atoms with Gasteiger partial charge in [-0.05, 0) is 18.1 Å². The number of aromatic nitrogens is 2. The Kier molecular flexibility index (Phi) is 4.51. The molecule has 0 aliphatic heterocycles. The van der Waals surface area contributed by atoms with Crippen molar-refractivity contribution >= 4 is 5.91 Å². The van der Waals surface area contributed by atoms with Crippen LogP contribution in [0.3, 0.4) is 0 Å². The van der Waals surface area contributed by atoms with Gasteiger partial charge in [0.2, 0.25) is 0 Å². The van der Waals surface area contributed by atoms with Gasteiger partial charge in [-0.25, -0.2) is 0 Å². The largest absolute Gasteiger partial charge is 0.348 e. The monoisotopic (exact) mass is 268 g/mol. The summed E-state index contributed by atoms with van der Waals surface area (Å²) in [7, 11) is 0. The lowest BCUT2D eigenvalue weighted by molar-refractivity contribution is 0.0937. The number of amides is 1. The molecule has 1 aromatic carbocycles. The molecule has 5 nitrogen and oxygen atoms in total. The molecule has 1 unspecified atom stereocenters. The van der Waals surface area contributed by atoms with E-state index < -0.39 is 0 Å². The maximum atomic E-state index is 12.4. The number of nitriles is 1. The topological polar surface area (TPSA) is 81.6 Å². The molecule has 0 radical (unpaired) electrons. The minimum atomic E-state index is -0.163. The third-order valence-corrected chi connectivity index (χ3v) is 3.15. The van der Waals surface area contributed by atoms with Crippen molar-refractivity contribution in [2.24, 2.45) is 0 Å². The first-order chi connectivity index (χ1) is 9.76. The Labute approximate surface area is 117 Å². The van der Waals surface area contributed by atoms with E-state index in [-0.39, 0.29) is 11.9 Å². The van der Waals surface area contributed by atoms with Crippen LogP contribution in [0.1, 0.15) is 30.1 Å². The van der Waals surface area contributed by atoms with Crippen LogP contribution >= 0.6 is 0 Å². The van der Waals surface area contributed by atoms with Crippen molar-refractivity contribution in [2.45, 2.75) is 25.8 Å². The van der Waals surface area contributed by atoms with Gasteiger partial charge in [0.15, 0.2) is 0 Å². The number of hydrogen-bond donors (Lipinski definition) is 2. The van der Waals surface area contributed by atoms with Crippen LogP contribution in [0.5, 0.6) is 0 Å². The second-order valence-electron chi connectivity index (χ2n) is 4.47. The number of carbonyl (C=O) groups excluding carboxylic acids is 1. The third kappa shape index (κ3) is 3.04. The maximum Gasteiger partial charge on any atom is 0.252 e. The number of aromatic amines is 1. The molecular formula is C15H16N4O. The van der Waals surface area contributed by atoms with Crippen LogP contribution in [-0.2, 0) is 0 Å². The highest BCUT2D eigenvalue weighted by Crippen LogP contribution is 2.22. The van der Waals surface area contributed by atoms with Gasteiger partial charge in [0.05, 0.1) is 18.7 Å². The lowest BCUT2D eigenvalue weighted by atomic mass is 10.0. The molecule has 0 saturated heterocycles. The molecule has 0 aliphatic carbocycles. The number of nitrogens with zero attached hydrogens (tertiary/aromatic N) is 2. The molecule has 0 aliphatic rings. The van der Waals surface area contributed by atoms with Crippen molar-refractivity contribution in [3.8, 4) is 17.2 Å². The molecular weight excluding hydrogens is 252 g/mol. The van der Waals surface area contributed by atoms with Gasteiger partial charge in [-0.1, -0.05) is 25.1 Å². The van der Waals surface area contributed by atoms with Crippen molar-refractivity contribution in [1.29, 1.82) is 5.26 Å². The van der Waals surface area contributed by atoms with E-state index in [1.165, 1.54) is 0 Å². The quantitative estimate of drug-likeness (QED) is 0.874. The summed E-state index contributed by atoms with van der Waals surface area (Å²) in [5.74, 6) is -0.163. The van der Waals surface area contributed by atoms with Crippen molar-refractivity contribution in [1.82, 2.24) is 15.5 Å². The molecule has 0 bridgehead atoms. The predicted octanol–water partition coefficient (Wildman–Crippen LogP) is 2.50. The molecule has 2 rings (SSSR count). The lowest BCUT2D eigenvalue weighted by Crippen LogP contribution is -2.34. The SMILES string of the molecule is CCC(CC#N)NC(=O)c1ccccc1-c1cn[nH]c1. The summed E-state index contributed by atoms with van der Waals surface area (Å²) in [6.07, 6.45) is 4.47. The predicted molar refractivity (Wildman–Crippen MR) is 75.8 cm³/mol. The lowest BCUT2D eigenvalue weighted by Gasteiger charge is -2.15. The van der Waals surface area contributed by atoms with Crippen LogP contribution < -0.4 is 5.32 Å². The first kappa shape index (κ1) is 13.8. The number of benzene rings is 1. The maximum absolute atomic E-state index is 12.4. The number of carbonyl (C=O) groups is 1. The van der Waals surface area contributed by atoms with Crippen LogP contribution in [0.15, 0.2) is 36.7 Å². The van der Waals surface area contributed by atoms with Crippen LogP contribution in [-0.4, -0.2) is 22.1 Å². The second kappa shape index (κ2) is 6.53. The molecule has 0 spiro atoms. The highest BCUT2D eigenvalue weighted by molar-refractivity contribution is 6.00. The first-order valence-electron chi connectivity index (χ1n) is 6.52. The molecule has 20 heavy (non-hydrogen) atoms. The molecule has 1 amide bonds. The van der Waals surface area contributed by atoms with Crippen LogP contribution in [0.4, 0.5) is 0 Å². The summed E-state index contributed by atoms with van der Waals surface area (Å²) in [5.41, 5.74) is 2.28. The van der Waals surface area contributed by atoms with E-state index in [9.17, 15) is 4.79 Å². The zero-order chi connectivity index (χ0) is 14.4. The Morgan fingerprint density at radius 1 is 1.50 bits per heavy atom. The molecule has 1 atom stereocenters. The Balaban J connectivity index is 2.25. The van der Waals surface area contributed by atoms with E-state index in [1.807, 2.05) is 25.1 Å². The van der Waals surface area contributed by atoms with E-state index in [0.29, 0.717) is 12.0 Å². The molecule has 102 valence electrons. The summed E-state index contributed by atoms with van der Waals surface area (Å²) < 4.78 is 0. The minimum Gasteiger partial charge on any atom is -0.348 e. The van der Waals surface area contributed by atoms with Crippen LogP contribution in [0.2, 0.25) is 0 Å². The fraction of sp³-hybridized carbons (Fsp3) is 0.267. The van der Waals surface area contributed by atoms with Gasteiger partial charge in [-0.15, -0.1) is 0 Å². The van der Waals surface area contributed by atoms with Gasteiger partial charge in [-0.3, -0.25) is 9.89 Å². The average molecular weight is 268 g/mol. The molecule has 0 saturated carbocycles. The molecule has 5 heteroatoms. The van der Waals surface area contributed by atoms with Crippen LogP contribution in [0.25, 0.3) is 11.1 Å². The van der Waals surface area contributed by atoms with Crippen LogP contribution in [0, 0.1) is 11.3 Å². The highest BCUT2D eigenvalue weighted by atomic mass is 16.1. The summed E-state index contributed by atoms with van der Waals surface area (Å²) in [5, 5.41) is 18.3. The molecule has 0 fully saturated rings. The zero-order valence-electron chi connectivity index (χ0n) is 11.3. The van der Waals surface area contributed by atoms with E-state index >= 15 is 0 Å².